The van der Waals surface area contributed by atoms with E-state index in [9.17, 15) is 9.59 Å². The molecule has 0 rings (SSSR count). The number of ketones is 1. The number of aliphatic hydroxyl groups is 1. The topological polar surface area (TPSA) is 66.4 Å². The Morgan fingerprint density at radius 3 is 2.43 bits per heavy atom. The van der Waals surface area contributed by atoms with E-state index in [1.54, 1.807) is 6.08 Å². The largest absolute Gasteiger partial charge is 0.376 e. The molecule has 2 N–H and O–H groups in total. The number of rotatable bonds is 5. The van der Waals surface area contributed by atoms with Crippen molar-refractivity contribution in [3.8, 4) is 0 Å². The van der Waals surface area contributed by atoms with Crippen LogP contribution in [0.2, 0.25) is 0 Å². The summed E-state index contributed by atoms with van der Waals surface area (Å²) in [5.74, 6) is -0.272. The van der Waals surface area contributed by atoms with Gasteiger partial charge in [-0.2, -0.15) is 0 Å². The number of Topliss-reactive ketones (excluding diaryl/α,β-unsaturated/α-hetero) is 1. The quantitative estimate of drug-likeness (QED) is 0.503. The van der Waals surface area contributed by atoms with E-state index in [1.165, 1.54) is 13.0 Å². The molecule has 1 amide bonds. The van der Waals surface area contributed by atoms with Crippen molar-refractivity contribution >= 4 is 11.7 Å². The molecule has 0 aromatic carbocycles. The molecule has 0 aromatic heterocycles. The summed E-state index contributed by atoms with van der Waals surface area (Å²) in [5.41, 5.74) is -0.321. The number of allylic oxidation sites excluding steroid dienone is 1. The number of aliphatic hydroxyl groups excluding tert-OH is 1. The first-order chi connectivity index (χ1) is 6.37. The van der Waals surface area contributed by atoms with E-state index in [0.29, 0.717) is 6.42 Å². The normalized spacial score (nSPS) is 11.7. The summed E-state index contributed by atoms with van der Waals surface area (Å²) < 4.78 is 0. The Kier molecular flexibility index (Phi) is 5.09. The van der Waals surface area contributed by atoms with E-state index in [2.05, 4.69) is 5.32 Å². The number of amides is 1. The summed E-state index contributed by atoms with van der Waals surface area (Å²) in [4.78, 5) is 21.8. The molecule has 0 atom stereocenters. The number of nitrogens with one attached hydrogen (secondary N) is 1. The molecule has 0 fully saturated rings. The van der Waals surface area contributed by atoms with Crippen LogP contribution < -0.4 is 5.32 Å². The lowest BCUT2D eigenvalue weighted by atomic mass is 9.87. The van der Waals surface area contributed by atoms with Crippen LogP contribution in [-0.4, -0.2) is 23.5 Å². The molecule has 4 heteroatoms. The molecule has 0 spiro atoms. The van der Waals surface area contributed by atoms with Crippen molar-refractivity contribution in [3.05, 3.63) is 12.2 Å². The van der Waals surface area contributed by atoms with Crippen LogP contribution in [0.3, 0.4) is 0 Å². The monoisotopic (exact) mass is 199 g/mol. The van der Waals surface area contributed by atoms with Gasteiger partial charge in [-0.05, 0) is 18.4 Å². The smallest absolute Gasteiger partial charge is 0.245 e. The minimum atomic E-state index is -0.379. The lowest BCUT2D eigenvalue weighted by Crippen LogP contribution is -2.22. The fourth-order valence-corrected chi connectivity index (χ4v) is 1.14. The maximum atomic E-state index is 10.9. The highest BCUT2D eigenvalue weighted by Gasteiger charge is 2.16. The summed E-state index contributed by atoms with van der Waals surface area (Å²) >= 11 is 0. The second-order valence-corrected chi connectivity index (χ2v) is 3.90. The number of hydrogen-bond donors (Lipinski definition) is 2. The van der Waals surface area contributed by atoms with Gasteiger partial charge in [-0.3, -0.25) is 9.59 Å². The second kappa shape index (κ2) is 5.54. The standard InChI is InChI=1S/C10H17NO3/c1-8(13)6-10(2,3)5-4-9(14)11-7-12/h4-5,12H,6-7H2,1-3H3,(H,11,14). The Labute approximate surface area is 84.0 Å². The predicted molar refractivity (Wildman–Crippen MR) is 53.4 cm³/mol. The minimum Gasteiger partial charge on any atom is -0.376 e. The fourth-order valence-electron chi connectivity index (χ4n) is 1.14. The third-order valence-electron chi connectivity index (χ3n) is 1.64. The molecule has 0 aliphatic carbocycles. The molecule has 0 saturated carbocycles. The molecule has 0 aliphatic rings. The van der Waals surface area contributed by atoms with Crippen molar-refractivity contribution in [2.45, 2.75) is 27.2 Å². The lowest BCUT2D eigenvalue weighted by Gasteiger charge is -2.17. The predicted octanol–water partition coefficient (Wildman–Crippen LogP) is 0.614. The Bertz CT molecular complexity index is 244. The van der Waals surface area contributed by atoms with E-state index in [1.807, 2.05) is 13.8 Å². The molecule has 0 radical (unpaired) electrons. The summed E-state index contributed by atoms with van der Waals surface area (Å²) in [6.45, 7) is 4.88. The van der Waals surface area contributed by atoms with E-state index < -0.39 is 0 Å². The van der Waals surface area contributed by atoms with Crippen molar-refractivity contribution in [2.24, 2.45) is 5.41 Å². The molecule has 0 unspecified atom stereocenters. The Morgan fingerprint density at radius 2 is 2.00 bits per heavy atom. The highest BCUT2D eigenvalue weighted by Crippen LogP contribution is 2.21. The van der Waals surface area contributed by atoms with Crippen molar-refractivity contribution in [1.82, 2.24) is 5.32 Å². The van der Waals surface area contributed by atoms with Crippen LogP contribution in [0.5, 0.6) is 0 Å². The van der Waals surface area contributed by atoms with Crippen LogP contribution in [0.25, 0.3) is 0 Å². The van der Waals surface area contributed by atoms with Gasteiger partial charge in [-0.1, -0.05) is 19.9 Å². The van der Waals surface area contributed by atoms with Crippen molar-refractivity contribution < 1.29 is 14.7 Å². The first-order valence-corrected chi connectivity index (χ1v) is 4.45. The first-order valence-electron chi connectivity index (χ1n) is 4.45. The van der Waals surface area contributed by atoms with Crippen LogP contribution >= 0.6 is 0 Å². The summed E-state index contributed by atoms with van der Waals surface area (Å²) in [7, 11) is 0. The van der Waals surface area contributed by atoms with Gasteiger partial charge in [0.05, 0.1) is 0 Å². The van der Waals surface area contributed by atoms with E-state index >= 15 is 0 Å². The number of hydrogen-bond acceptors (Lipinski definition) is 3. The molecule has 0 aliphatic heterocycles. The summed E-state index contributed by atoms with van der Waals surface area (Å²) in [6.07, 6.45) is 3.40. The average Bonchev–Trinajstić information content (AvgIpc) is 1.99. The van der Waals surface area contributed by atoms with Crippen LogP contribution in [0.4, 0.5) is 0 Å². The third-order valence-corrected chi connectivity index (χ3v) is 1.64. The van der Waals surface area contributed by atoms with Gasteiger partial charge in [0.15, 0.2) is 0 Å². The van der Waals surface area contributed by atoms with Crippen molar-refractivity contribution in [2.75, 3.05) is 6.73 Å². The number of carbonyl (C=O) groups excluding carboxylic acids is 2. The van der Waals surface area contributed by atoms with Gasteiger partial charge in [0, 0.05) is 6.42 Å². The summed E-state index contributed by atoms with van der Waals surface area (Å²) in [6, 6.07) is 0. The van der Waals surface area contributed by atoms with E-state index in [-0.39, 0.29) is 23.8 Å². The fraction of sp³-hybridized carbons (Fsp3) is 0.600. The molecular formula is C10H17NO3. The van der Waals surface area contributed by atoms with E-state index in [4.69, 9.17) is 5.11 Å². The average molecular weight is 199 g/mol. The van der Waals surface area contributed by atoms with Crippen molar-refractivity contribution in [1.29, 1.82) is 0 Å². The Morgan fingerprint density at radius 1 is 1.43 bits per heavy atom. The molecule has 0 saturated heterocycles. The van der Waals surface area contributed by atoms with Gasteiger partial charge in [-0.25, -0.2) is 0 Å². The maximum absolute atomic E-state index is 10.9. The molecule has 4 nitrogen and oxygen atoms in total. The first kappa shape index (κ1) is 12.8. The third kappa shape index (κ3) is 6.37. The zero-order chi connectivity index (χ0) is 11.2. The lowest BCUT2D eigenvalue weighted by molar-refractivity contribution is -0.119. The molecular weight excluding hydrogens is 182 g/mol. The molecule has 14 heavy (non-hydrogen) atoms. The number of carbonyl (C=O) groups is 2. The molecule has 0 bridgehead atoms. The van der Waals surface area contributed by atoms with Crippen LogP contribution in [0.1, 0.15) is 27.2 Å². The Hall–Kier alpha value is -1.16. The van der Waals surface area contributed by atoms with E-state index in [0.717, 1.165) is 0 Å². The van der Waals surface area contributed by atoms with Gasteiger partial charge in [0.1, 0.15) is 12.5 Å². The van der Waals surface area contributed by atoms with Gasteiger partial charge in [0.25, 0.3) is 0 Å². The highest BCUT2D eigenvalue weighted by molar-refractivity contribution is 5.87. The van der Waals surface area contributed by atoms with Crippen LogP contribution in [0.15, 0.2) is 12.2 Å². The molecule has 0 aromatic rings. The van der Waals surface area contributed by atoms with Crippen LogP contribution in [-0.2, 0) is 9.59 Å². The van der Waals surface area contributed by atoms with Crippen molar-refractivity contribution in [3.63, 3.8) is 0 Å². The second-order valence-electron chi connectivity index (χ2n) is 3.90. The van der Waals surface area contributed by atoms with Gasteiger partial charge in [-0.15, -0.1) is 0 Å². The zero-order valence-corrected chi connectivity index (χ0v) is 8.83. The maximum Gasteiger partial charge on any atom is 0.245 e. The molecule has 80 valence electrons. The summed E-state index contributed by atoms with van der Waals surface area (Å²) in [5, 5.41) is 10.6. The van der Waals surface area contributed by atoms with Gasteiger partial charge >= 0.3 is 0 Å². The van der Waals surface area contributed by atoms with Gasteiger partial charge < -0.3 is 10.4 Å². The Balaban J connectivity index is 4.19. The van der Waals surface area contributed by atoms with Crippen LogP contribution in [0, 0.1) is 5.41 Å². The minimum absolute atomic E-state index is 0.0854. The molecule has 0 heterocycles. The zero-order valence-electron chi connectivity index (χ0n) is 8.83. The highest BCUT2D eigenvalue weighted by atomic mass is 16.3. The SMILES string of the molecule is CC(=O)CC(C)(C)C=CC(=O)NCO. The van der Waals surface area contributed by atoms with Gasteiger partial charge in [0.2, 0.25) is 5.91 Å².